The first-order valence-electron chi connectivity index (χ1n) is 5.73. The highest BCUT2D eigenvalue weighted by Gasteiger charge is 2.14. The van der Waals surface area contributed by atoms with Crippen LogP contribution >= 0.6 is 0 Å². The van der Waals surface area contributed by atoms with Crippen molar-refractivity contribution in [1.82, 2.24) is 4.90 Å². The topological polar surface area (TPSA) is 15.6 Å². The average molecular weight is 210 g/mol. The fourth-order valence-corrected chi connectivity index (χ4v) is 1.32. The molecule has 0 bridgehead atoms. The van der Waals surface area contributed by atoms with Crippen LogP contribution in [0.15, 0.2) is 28.8 Å². The lowest BCUT2D eigenvalue weighted by molar-refractivity contribution is 0.429. The molecule has 0 radical (unpaired) electrons. The van der Waals surface area contributed by atoms with E-state index in [4.69, 9.17) is 0 Å². The third kappa shape index (κ3) is 6.24. The zero-order valence-electron chi connectivity index (χ0n) is 11.2. The average Bonchev–Trinajstić information content (AvgIpc) is 2.65. The van der Waals surface area contributed by atoms with Crippen LogP contribution in [0.4, 0.5) is 0 Å². The van der Waals surface area contributed by atoms with Gasteiger partial charge in [0.15, 0.2) is 0 Å². The summed E-state index contributed by atoms with van der Waals surface area (Å²) < 4.78 is 0. The summed E-state index contributed by atoms with van der Waals surface area (Å²) in [5.41, 5.74) is 2.60. The molecule has 1 heterocycles. The van der Waals surface area contributed by atoms with Crippen LogP contribution in [0, 0.1) is 0 Å². The third-order valence-electron chi connectivity index (χ3n) is 1.82. The van der Waals surface area contributed by atoms with E-state index in [1.807, 2.05) is 40.0 Å². The minimum Gasteiger partial charge on any atom is -0.298 e. The lowest BCUT2D eigenvalue weighted by atomic mass is 10.2. The van der Waals surface area contributed by atoms with Crippen LogP contribution in [0.1, 0.15) is 27.7 Å². The van der Waals surface area contributed by atoms with Crippen molar-refractivity contribution < 1.29 is 0 Å². The van der Waals surface area contributed by atoms with Crippen LogP contribution < -0.4 is 0 Å². The molecular weight excluding hydrogens is 184 g/mol. The highest BCUT2D eigenvalue weighted by molar-refractivity contribution is 5.82. The van der Waals surface area contributed by atoms with Gasteiger partial charge >= 0.3 is 0 Å². The summed E-state index contributed by atoms with van der Waals surface area (Å²) in [6.45, 7) is 13.8. The molecule has 2 heteroatoms. The predicted molar refractivity (Wildman–Crippen MR) is 71.8 cm³/mol. The Bertz CT molecular complexity index is 215. The molecule has 0 amide bonds. The molecule has 0 aromatic carbocycles. The zero-order chi connectivity index (χ0) is 12.3. The SMILES string of the molecule is C=CC1=C(C=NC)CN(C)C1.CC.CC. The van der Waals surface area contributed by atoms with Gasteiger partial charge in [0.2, 0.25) is 0 Å². The van der Waals surface area contributed by atoms with Gasteiger partial charge in [-0.05, 0) is 18.2 Å². The molecule has 0 saturated carbocycles. The van der Waals surface area contributed by atoms with Gasteiger partial charge in [0.25, 0.3) is 0 Å². The van der Waals surface area contributed by atoms with Gasteiger partial charge in [0.05, 0.1) is 0 Å². The Hall–Kier alpha value is -0.890. The molecule has 1 rings (SSSR count). The highest BCUT2D eigenvalue weighted by Crippen LogP contribution is 2.14. The van der Waals surface area contributed by atoms with Crippen molar-refractivity contribution in [3.8, 4) is 0 Å². The van der Waals surface area contributed by atoms with E-state index in [9.17, 15) is 0 Å². The van der Waals surface area contributed by atoms with Crippen LogP contribution in [-0.2, 0) is 0 Å². The summed E-state index contributed by atoms with van der Waals surface area (Å²) in [7, 11) is 3.89. The maximum absolute atomic E-state index is 3.99. The molecule has 0 saturated heterocycles. The van der Waals surface area contributed by atoms with E-state index in [1.54, 1.807) is 7.05 Å². The summed E-state index contributed by atoms with van der Waals surface area (Å²) in [5, 5.41) is 0. The van der Waals surface area contributed by atoms with Gasteiger partial charge in [-0.15, -0.1) is 0 Å². The van der Waals surface area contributed by atoms with Gasteiger partial charge in [-0.25, -0.2) is 0 Å². The largest absolute Gasteiger partial charge is 0.298 e. The van der Waals surface area contributed by atoms with Crippen molar-refractivity contribution >= 4 is 6.21 Å². The van der Waals surface area contributed by atoms with E-state index in [-0.39, 0.29) is 0 Å². The maximum Gasteiger partial charge on any atom is 0.0277 e. The highest BCUT2D eigenvalue weighted by atomic mass is 15.1. The fourth-order valence-electron chi connectivity index (χ4n) is 1.32. The molecule has 0 N–H and O–H groups in total. The molecule has 0 aromatic heterocycles. The van der Waals surface area contributed by atoms with Crippen molar-refractivity contribution in [3.05, 3.63) is 23.8 Å². The molecule has 2 nitrogen and oxygen atoms in total. The van der Waals surface area contributed by atoms with Gasteiger partial charge in [-0.3, -0.25) is 9.89 Å². The second-order valence-corrected chi connectivity index (χ2v) is 2.81. The Labute approximate surface area is 95.4 Å². The predicted octanol–water partition coefficient (Wildman–Crippen LogP) is 3.17. The number of hydrogen-bond acceptors (Lipinski definition) is 2. The van der Waals surface area contributed by atoms with Crippen LogP contribution in [-0.4, -0.2) is 38.3 Å². The van der Waals surface area contributed by atoms with Crippen LogP contribution in [0.2, 0.25) is 0 Å². The monoisotopic (exact) mass is 210 g/mol. The lowest BCUT2D eigenvalue weighted by Gasteiger charge is -2.04. The minimum absolute atomic E-state index is 0.999. The molecule has 0 spiro atoms. The Morgan fingerprint density at radius 3 is 2.00 bits per heavy atom. The summed E-state index contributed by atoms with van der Waals surface area (Å²) in [6, 6.07) is 0. The van der Waals surface area contributed by atoms with Gasteiger partial charge in [-0.2, -0.15) is 0 Å². The molecule has 0 fully saturated rings. The van der Waals surface area contributed by atoms with E-state index in [2.05, 4.69) is 23.5 Å². The molecule has 0 aliphatic carbocycles. The van der Waals surface area contributed by atoms with Gasteiger partial charge in [0, 0.05) is 26.4 Å². The van der Waals surface area contributed by atoms with Crippen LogP contribution in [0.25, 0.3) is 0 Å². The molecule has 0 unspecified atom stereocenters. The van der Waals surface area contributed by atoms with Crippen LogP contribution in [0.5, 0.6) is 0 Å². The summed E-state index contributed by atoms with van der Waals surface area (Å²) in [5.74, 6) is 0. The van der Waals surface area contributed by atoms with Crippen molar-refractivity contribution in [2.75, 3.05) is 27.2 Å². The molecule has 1 aliphatic rings. The third-order valence-corrected chi connectivity index (χ3v) is 1.82. The Kier molecular flexibility index (Phi) is 12.3. The quantitative estimate of drug-likeness (QED) is 0.639. The van der Waals surface area contributed by atoms with E-state index in [1.165, 1.54) is 11.1 Å². The minimum atomic E-state index is 0.999. The lowest BCUT2D eigenvalue weighted by Crippen LogP contribution is -2.14. The second-order valence-electron chi connectivity index (χ2n) is 2.81. The Balaban J connectivity index is 0. The van der Waals surface area contributed by atoms with Crippen molar-refractivity contribution in [1.29, 1.82) is 0 Å². The number of rotatable bonds is 2. The van der Waals surface area contributed by atoms with Crippen molar-refractivity contribution in [2.24, 2.45) is 4.99 Å². The summed E-state index contributed by atoms with van der Waals surface area (Å²) in [4.78, 5) is 6.24. The fraction of sp³-hybridized carbons (Fsp3) is 0.615. The number of hydrogen-bond donors (Lipinski definition) is 0. The number of aliphatic imine (C=N–C) groups is 1. The summed E-state index contributed by atoms with van der Waals surface area (Å²) in [6.07, 6.45) is 3.83. The summed E-state index contributed by atoms with van der Waals surface area (Å²) >= 11 is 0. The van der Waals surface area contributed by atoms with Crippen molar-refractivity contribution in [2.45, 2.75) is 27.7 Å². The van der Waals surface area contributed by atoms with Gasteiger partial charge in [-0.1, -0.05) is 40.3 Å². The maximum atomic E-state index is 3.99. The molecular formula is C13H26N2. The van der Waals surface area contributed by atoms with E-state index < -0.39 is 0 Å². The van der Waals surface area contributed by atoms with E-state index in [0.717, 1.165) is 13.1 Å². The van der Waals surface area contributed by atoms with Gasteiger partial charge in [0.1, 0.15) is 0 Å². The Morgan fingerprint density at radius 1 is 1.13 bits per heavy atom. The zero-order valence-corrected chi connectivity index (χ0v) is 11.2. The van der Waals surface area contributed by atoms with E-state index >= 15 is 0 Å². The Morgan fingerprint density at radius 2 is 1.60 bits per heavy atom. The number of nitrogens with zero attached hydrogens (tertiary/aromatic N) is 2. The smallest absolute Gasteiger partial charge is 0.0277 e. The van der Waals surface area contributed by atoms with Crippen molar-refractivity contribution in [3.63, 3.8) is 0 Å². The molecule has 0 atom stereocenters. The molecule has 0 aromatic rings. The first-order valence-corrected chi connectivity index (χ1v) is 5.73. The molecule has 1 aliphatic heterocycles. The molecule has 88 valence electrons. The van der Waals surface area contributed by atoms with Gasteiger partial charge < -0.3 is 0 Å². The van der Waals surface area contributed by atoms with E-state index in [0.29, 0.717) is 0 Å². The number of likely N-dealkylation sites (N-methyl/N-ethyl adjacent to an activating group) is 1. The van der Waals surface area contributed by atoms with Crippen LogP contribution in [0.3, 0.4) is 0 Å². The first-order chi connectivity index (χ1) is 7.27. The normalized spacial score (nSPS) is 15.6. The standard InChI is InChI=1S/C9H14N2.2C2H6/c1-4-8-6-11(3)7-9(8)5-10-2;2*1-2/h4-5H,1,6-7H2,2-3H3;2*1-2H3. The molecule has 15 heavy (non-hydrogen) atoms. The second kappa shape index (κ2) is 11.2. The first kappa shape index (κ1) is 16.5.